The number of aromatic nitrogens is 3. The summed E-state index contributed by atoms with van der Waals surface area (Å²) in [5.41, 5.74) is 3.20. The Hall–Kier alpha value is -2.44. The highest BCUT2D eigenvalue weighted by atomic mass is 16.5. The summed E-state index contributed by atoms with van der Waals surface area (Å²) in [6.07, 6.45) is 5.03. The molecule has 6 heteroatoms. The van der Waals surface area contributed by atoms with Gasteiger partial charge in [0.1, 0.15) is 23.7 Å². The molecule has 0 amide bonds. The fraction of sp³-hybridized carbons (Fsp3) is 0.478. The molecule has 1 saturated heterocycles. The van der Waals surface area contributed by atoms with Crippen LogP contribution in [0.3, 0.4) is 0 Å². The fourth-order valence-electron chi connectivity index (χ4n) is 4.49. The summed E-state index contributed by atoms with van der Waals surface area (Å²) < 4.78 is 13.2. The molecule has 2 aromatic heterocycles. The van der Waals surface area contributed by atoms with E-state index in [4.69, 9.17) is 14.5 Å². The average molecular weight is 395 g/mol. The number of nitrogens with zero attached hydrogens (tertiary/aromatic N) is 4. The highest BCUT2D eigenvalue weighted by Gasteiger charge is 2.27. The zero-order valence-corrected chi connectivity index (χ0v) is 17.5. The van der Waals surface area contributed by atoms with E-state index in [-0.39, 0.29) is 0 Å². The number of methoxy groups -OCH3 is 2. The Kier molecular flexibility index (Phi) is 6.11. The van der Waals surface area contributed by atoms with Crippen molar-refractivity contribution >= 4 is 11.2 Å². The number of hydrogen-bond donors (Lipinski definition) is 0. The molecule has 0 N–H and O–H groups in total. The summed E-state index contributed by atoms with van der Waals surface area (Å²) in [5.74, 6) is 1.95. The van der Waals surface area contributed by atoms with Gasteiger partial charge in [-0.05, 0) is 49.9 Å². The Morgan fingerprint density at radius 2 is 1.90 bits per heavy atom. The molecule has 0 aliphatic carbocycles. The molecule has 3 heterocycles. The second kappa shape index (κ2) is 8.93. The first-order chi connectivity index (χ1) is 14.2. The van der Waals surface area contributed by atoms with Crippen LogP contribution in [0.4, 0.5) is 0 Å². The minimum atomic E-state index is 0.412. The van der Waals surface area contributed by atoms with Crippen molar-refractivity contribution in [2.75, 3.05) is 27.3 Å². The number of para-hydroxylation sites is 1. The van der Waals surface area contributed by atoms with E-state index in [1.807, 2.05) is 30.5 Å². The minimum Gasteiger partial charge on any atom is -0.496 e. The van der Waals surface area contributed by atoms with E-state index in [2.05, 4.69) is 33.5 Å². The number of pyridine rings is 1. The predicted molar refractivity (Wildman–Crippen MR) is 114 cm³/mol. The van der Waals surface area contributed by atoms with Gasteiger partial charge in [0.2, 0.25) is 0 Å². The van der Waals surface area contributed by atoms with Crippen LogP contribution >= 0.6 is 0 Å². The molecule has 1 aliphatic heterocycles. The zero-order valence-electron chi connectivity index (χ0n) is 17.5. The summed E-state index contributed by atoms with van der Waals surface area (Å²) in [6.45, 7) is 4.97. The lowest BCUT2D eigenvalue weighted by Crippen LogP contribution is -2.41. The fourth-order valence-corrected chi connectivity index (χ4v) is 4.49. The standard InChI is InChI=1S/C23H30N4O2/c1-17(15-18-7-4-5-9-21(18)29-3)26-13-10-19(11-14-26)27-22(16-28-2)25-20-8-6-12-24-23(20)27/h4-9,12,17,19H,10-11,13-16H2,1-3H3. The van der Waals surface area contributed by atoms with Gasteiger partial charge in [0, 0.05) is 38.5 Å². The van der Waals surface area contributed by atoms with Crippen LogP contribution in [0.15, 0.2) is 42.6 Å². The number of piperidine rings is 1. The third-order valence-corrected chi connectivity index (χ3v) is 5.99. The van der Waals surface area contributed by atoms with E-state index in [0.717, 1.165) is 55.1 Å². The molecule has 0 spiro atoms. The first kappa shape index (κ1) is 19.9. The third-order valence-electron chi connectivity index (χ3n) is 5.99. The van der Waals surface area contributed by atoms with Crippen LogP contribution in [0.25, 0.3) is 11.2 Å². The van der Waals surface area contributed by atoms with Crippen molar-refractivity contribution in [1.29, 1.82) is 0 Å². The molecule has 1 atom stereocenters. The average Bonchev–Trinajstić information content (AvgIpc) is 3.12. The van der Waals surface area contributed by atoms with Crippen molar-refractivity contribution in [3.8, 4) is 5.75 Å². The van der Waals surface area contributed by atoms with Crippen molar-refractivity contribution in [2.24, 2.45) is 0 Å². The first-order valence-corrected chi connectivity index (χ1v) is 10.4. The van der Waals surface area contributed by atoms with E-state index in [1.54, 1.807) is 14.2 Å². The number of imidazole rings is 1. The van der Waals surface area contributed by atoms with E-state index < -0.39 is 0 Å². The van der Waals surface area contributed by atoms with E-state index >= 15 is 0 Å². The topological polar surface area (TPSA) is 52.4 Å². The molecule has 4 rings (SSSR count). The number of fused-ring (bicyclic) bond motifs is 1. The molecular formula is C23H30N4O2. The van der Waals surface area contributed by atoms with Gasteiger partial charge < -0.3 is 18.9 Å². The van der Waals surface area contributed by atoms with Crippen LogP contribution in [0, 0.1) is 0 Å². The van der Waals surface area contributed by atoms with Gasteiger partial charge in [-0.2, -0.15) is 0 Å². The van der Waals surface area contributed by atoms with Gasteiger partial charge >= 0.3 is 0 Å². The molecule has 1 aliphatic rings. The maximum absolute atomic E-state index is 5.53. The van der Waals surface area contributed by atoms with Crippen LogP contribution in [-0.4, -0.2) is 52.8 Å². The van der Waals surface area contributed by atoms with Crippen molar-refractivity contribution in [1.82, 2.24) is 19.4 Å². The Bertz CT molecular complexity index is 947. The van der Waals surface area contributed by atoms with Crippen molar-refractivity contribution in [3.05, 3.63) is 54.0 Å². The first-order valence-electron chi connectivity index (χ1n) is 10.4. The number of ether oxygens (including phenoxy) is 2. The largest absolute Gasteiger partial charge is 0.496 e. The quantitative estimate of drug-likeness (QED) is 0.609. The molecule has 1 unspecified atom stereocenters. The molecule has 154 valence electrons. The maximum atomic E-state index is 5.53. The normalized spacial score (nSPS) is 16.9. The SMILES string of the molecule is COCc1nc2cccnc2n1C1CCN(C(C)Cc2ccccc2OC)CC1. The number of likely N-dealkylation sites (tertiary alicyclic amines) is 1. The summed E-state index contributed by atoms with van der Waals surface area (Å²) in [4.78, 5) is 11.9. The van der Waals surface area contributed by atoms with Gasteiger partial charge in [-0.3, -0.25) is 0 Å². The van der Waals surface area contributed by atoms with Crippen molar-refractivity contribution in [2.45, 2.75) is 44.9 Å². The lowest BCUT2D eigenvalue weighted by molar-refractivity contribution is 0.134. The predicted octanol–water partition coefficient (Wildman–Crippen LogP) is 3.85. The van der Waals surface area contributed by atoms with E-state index in [1.165, 1.54) is 5.56 Å². The van der Waals surface area contributed by atoms with Gasteiger partial charge in [0.15, 0.2) is 5.65 Å². The molecule has 0 saturated carbocycles. The van der Waals surface area contributed by atoms with Crippen LogP contribution < -0.4 is 4.74 Å². The molecule has 3 aromatic rings. The van der Waals surface area contributed by atoms with Crippen molar-refractivity contribution in [3.63, 3.8) is 0 Å². The summed E-state index contributed by atoms with van der Waals surface area (Å²) in [7, 11) is 3.47. The monoisotopic (exact) mass is 394 g/mol. The van der Waals surface area contributed by atoms with Crippen LogP contribution in [0.2, 0.25) is 0 Å². The Morgan fingerprint density at radius 1 is 1.10 bits per heavy atom. The smallest absolute Gasteiger partial charge is 0.160 e. The summed E-state index contributed by atoms with van der Waals surface area (Å²) in [6, 6.07) is 13.2. The van der Waals surface area contributed by atoms with Crippen LogP contribution in [-0.2, 0) is 17.8 Å². The van der Waals surface area contributed by atoms with Gasteiger partial charge in [0.05, 0.1) is 7.11 Å². The number of rotatable bonds is 7. The van der Waals surface area contributed by atoms with Crippen LogP contribution in [0.1, 0.15) is 37.2 Å². The second-order valence-electron chi connectivity index (χ2n) is 7.81. The summed E-state index contributed by atoms with van der Waals surface area (Å²) in [5, 5.41) is 0. The molecular weight excluding hydrogens is 364 g/mol. The van der Waals surface area contributed by atoms with Gasteiger partial charge in [-0.25, -0.2) is 9.97 Å². The molecule has 6 nitrogen and oxygen atoms in total. The lowest BCUT2D eigenvalue weighted by Gasteiger charge is -2.37. The Labute approximate surface area is 172 Å². The van der Waals surface area contributed by atoms with Crippen molar-refractivity contribution < 1.29 is 9.47 Å². The van der Waals surface area contributed by atoms with E-state index in [0.29, 0.717) is 18.7 Å². The highest BCUT2D eigenvalue weighted by Crippen LogP contribution is 2.30. The molecule has 1 fully saturated rings. The number of hydrogen-bond acceptors (Lipinski definition) is 5. The van der Waals surface area contributed by atoms with Gasteiger partial charge in [0.25, 0.3) is 0 Å². The molecule has 0 bridgehead atoms. The van der Waals surface area contributed by atoms with Crippen LogP contribution in [0.5, 0.6) is 5.75 Å². The highest BCUT2D eigenvalue weighted by molar-refractivity contribution is 5.71. The van der Waals surface area contributed by atoms with Gasteiger partial charge in [-0.1, -0.05) is 18.2 Å². The minimum absolute atomic E-state index is 0.412. The maximum Gasteiger partial charge on any atom is 0.160 e. The lowest BCUT2D eigenvalue weighted by atomic mass is 9.99. The Morgan fingerprint density at radius 3 is 2.66 bits per heavy atom. The number of benzene rings is 1. The van der Waals surface area contributed by atoms with E-state index in [9.17, 15) is 0 Å². The Balaban J connectivity index is 1.46. The molecule has 0 radical (unpaired) electrons. The zero-order chi connectivity index (χ0) is 20.2. The molecule has 1 aromatic carbocycles. The summed E-state index contributed by atoms with van der Waals surface area (Å²) >= 11 is 0. The third kappa shape index (κ3) is 4.14. The molecule has 29 heavy (non-hydrogen) atoms. The second-order valence-corrected chi connectivity index (χ2v) is 7.81. The van der Waals surface area contributed by atoms with Gasteiger partial charge in [-0.15, -0.1) is 0 Å².